The standard InChI is InChI=1S/C13H18N2O4S/c1-11(17)10-15(2)20(18,19)13-7-12(8-14-9-13)5-3-4-6-16/h7-9,11,16-17H,4,6,10H2,1-2H3. The molecule has 0 aliphatic heterocycles. The third kappa shape index (κ3) is 4.58. The van der Waals surface area contributed by atoms with E-state index in [0.29, 0.717) is 12.0 Å². The van der Waals surface area contributed by atoms with E-state index >= 15 is 0 Å². The lowest BCUT2D eigenvalue weighted by Crippen LogP contribution is -2.33. The summed E-state index contributed by atoms with van der Waals surface area (Å²) in [5.41, 5.74) is 0.463. The molecule has 1 unspecified atom stereocenters. The molecule has 1 aromatic heterocycles. The number of aliphatic hydroxyl groups excluding tert-OH is 2. The van der Waals surface area contributed by atoms with Crippen LogP contribution in [0.2, 0.25) is 0 Å². The zero-order valence-electron chi connectivity index (χ0n) is 11.4. The zero-order chi connectivity index (χ0) is 15.2. The van der Waals surface area contributed by atoms with Crippen LogP contribution in [0.15, 0.2) is 23.4 Å². The molecule has 0 bridgehead atoms. The Morgan fingerprint density at radius 2 is 2.15 bits per heavy atom. The molecular formula is C13H18N2O4S. The van der Waals surface area contributed by atoms with Crippen LogP contribution in [0.3, 0.4) is 0 Å². The van der Waals surface area contributed by atoms with Crippen LogP contribution in [-0.2, 0) is 10.0 Å². The zero-order valence-corrected chi connectivity index (χ0v) is 12.3. The normalized spacial score (nSPS) is 12.8. The second-order valence-corrected chi connectivity index (χ2v) is 6.36. The summed E-state index contributed by atoms with van der Waals surface area (Å²) in [6.45, 7) is 1.47. The van der Waals surface area contributed by atoms with Crippen LogP contribution >= 0.6 is 0 Å². The highest BCUT2D eigenvalue weighted by Crippen LogP contribution is 2.14. The summed E-state index contributed by atoms with van der Waals surface area (Å²) in [5, 5.41) is 17.9. The van der Waals surface area contributed by atoms with Gasteiger partial charge in [-0.05, 0) is 13.0 Å². The van der Waals surface area contributed by atoms with Crippen molar-refractivity contribution in [1.82, 2.24) is 9.29 Å². The Morgan fingerprint density at radius 1 is 1.45 bits per heavy atom. The molecule has 0 aliphatic carbocycles. The van der Waals surface area contributed by atoms with E-state index in [1.807, 2.05) is 0 Å². The SMILES string of the molecule is CC(O)CN(C)S(=O)(=O)c1cncc(C#CCCO)c1. The fourth-order valence-electron chi connectivity index (χ4n) is 1.50. The van der Waals surface area contributed by atoms with Gasteiger partial charge in [-0.15, -0.1) is 0 Å². The smallest absolute Gasteiger partial charge is 0.244 e. The molecule has 0 amide bonds. The Hall–Kier alpha value is -1.46. The molecule has 0 spiro atoms. The molecule has 0 saturated heterocycles. The van der Waals surface area contributed by atoms with Crippen LogP contribution in [-0.4, -0.2) is 54.2 Å². The molecule has 1 aromatic rings. The molecule has 0 radical (unpaired) electrons. The Kier molecular flexibility index (Phi) is 6.10. The van der Waals surface area contributed by atoms with Crippen LogP contribution in [0.4, 0.5) is 0 Å². The maximum atomic E-state index is 12.2. The predicted molar refractivity (Wildman–Crippen MR) is 74.3 cm³/mol. The van der Waals surface area contributed by atoms with Gasteiger partial charge in [-0.3, -0.25) is 4.98 Å². The lowest BCUT2D eigenvalue weighted by atomic mass is 10.3. The van der Waals surface area contributed by atoms with E-state index in [1.54, 1.807) is 0 Å². The molecule has 7 heteroatoms. The van der Waals surface area contributed by atoms with Gasteiger partial charge in [0, 0.05) is 38.0 Å². The fraction of sp³-hybridized carbons (Fsp3) is 0.462. The van der Waals surface area contributed by atoms with Crippen LogP contribution in [0.1, 0.15) is 18.9 Å². The molecule has 20 heavy (non-hydrogen) atoms. The Labute approximate surface area is 119 Å². The van der Waals surface area contributed by atoms with Gasteiger partial charge in [0.2, 0.25) is 10.0 Å². The van der Waals surface area contributed by atoms with E-state index in [4.69, 9.17) is 5.11 Å². The molecule has 0 aliphatic rings. The van der Waals surface area contributed by atoms with E-state index in [0.717, 1.165) is 4.31 Å². The minimum Gasteiger partial charge on any atom is -0.395 e. The van der Waals surface area contributed by atoms with Crippen LogP contribution in [0, 0.1) is 11.8 Å². The summed E-state index contributed by atoms with van der Waals surface area (Å²) in [7, 11) is -2.30. The number of sulfonamides is 1. The first-order valence-corrected chi connectivity index (χ1v) is 7.51. The summed E-state index contributed by atoms with van der Waals surface area (Å²) < 4.78 is 25.5. The van der Waals surface area contributed by atoms with E-state index in [-0.39, 0.29) is 18.0 Å². The third-order valence-corrected chi connectivity index (χ3v) is 4.20. The van der Waals surface area contributed by atoms with Crippen LogP contribution < -0.4 is 0 Å². The monoisotopic (exact) mass is 298 g/mol. The minimum absolute atomic E-state index is 0.00273. The van der Waals surface area contributed by atoms with Gasteiger partial charge < -0.3 is 10.2 Å². The molecule has 1 atom stereocenters. The van der Waals surface area contributed by atoms with Crippen molar-refractivity contribution in [2.75, 3.05) is 20.2 Å². The molecule has 0 saturated carbocycles. The Balaban J connectivity index is 3.02. The van der Waals surface area contributed by atoms with Crippen molar-refractivity contribution in [3.05, 3.63) is 24.0 Å². The summed E-state index contributed by atoms with van der Waals surface area (Å²) in [6.07, 6.45) is 2.26. The lowest BCUT2D eigenvalue weighted by molar-refractivity contribution is 0.171. The van der Waals surface area contributed by atoms with Gasteiger partial charge in [-0.2, -0.15) is 4.31 Å². The summed E-state index contributed by atoms with van der Waals surface area (Å²) in [5.74, 6) is 5.44. The number of likely N-dealkylation sites (N-methyl/N-ethyl adjacent to an activating group) is 1. The van der Waals surface area contributed by atoms with E-state index in [9.17, 15) is 13.5 Å². The highest BCUT2D eigenvalue weighted by atomic mass is 32.2. The van der Waals surface area contributed by atoms with Gasteiger partial charge >= 0.3 is 0 Å². The molecule has 1 rings (SSSR count). The molecule has 0 aromatic carbocycles. The minimum atomic E-state index is -3.69. The van der Waals surface area contributed by atoms with Gasteiger partial charge in [0.05, 0.1) is 12.7 Å². The highest BCUT2D eigenvalue weighted by molar-refractivity contribution is 7.89. The summed E-state index contributed by atoms with van der Waals surface area (Å²) in [6, 6.07) is 1.42. The largest absolute Gasteiger partial charge is 0.395 e. The molecular weight excluding hydrogens is 280 g/mol. The van der Waals surface area contributed by atoms with E-state index in [2.05, 4.69) is 16.8 Å². The van der Waals surface area contributed by atoms with Crippen molar-refractivity contribution < 1.29 is 18.6 Å². The van der Waals surface area contributed by atoms with Crippen molar-refractivity contribution in [3.8, 4) is 11.8 Å². The van der Waals surface area contributed by atoms with Crippen molar-refractivity contribution in [2.24, 2.45) is 0 Å². The second kappa shape index (κ2) is 7.36. The lowest BCUT2D eigenvalue weighted by Gasteiger charge is -2.18. The molecule has 6 nitrogen and oxygen atoms in total. The van der Waals surface area contributed by atoms with Gasteiger partial charge in [0.1, 0.15) is 4.90 Å². The maximum absolute atomic E-state index is 12.2. The van der Waals surface area contributed by atoms with Gasteiger partial charge in [0.15, 0.2) is 0 Å². The predicted octanol–water partition coefficient (Wildman–Crippen LogP) is -0.183. The van der Waals surface area contributed by atoms with Gasteiger partial charge in [-0.25, -0.2) is 8.42 Å². The highest BCUT2D eigenvalue weighted by Gasteiger charge is 2.22. The number of pyridine rings is 1. The summed E-state index contributed by atoms with van der Waals surface area (Å²) >= 11 is 0. The topological polar surface area (TPSA) is 90.7 Å². The summed E-state index contributed by atoms with van der Waals surface area (Å²) in [4.78, 5) is 3.88. The van der Waals surface area contributed by atoms with Crippen LogP contribution in [0.25, 0.3) is 0 Å². The third-order valence-electron chi connectivity index (χ3n) is 2.41. The average molecular weight is 298 g/mol. The number of nitrogens with zero attached hydrogens (tertiary/aromatic N) is 2. The molecule has 110 valence electrons. The van der Waals surface area contributed by atoms with Crippen molar-refractivity contribution >= 4 is 10.0 Å². The average Bonchev–Trinajstić information content (AvgIpc) is 2.38. The number of hydrogen-bond acceptors (Lipinski definition) is 5. The van der Waals surface area contributed by atoms with Crippen LogP contribution in [0.5, 0.6) is 0 Å². The molecule has 0 fully saturated rings. The number of aliphatic hydroxyl groups is 2. The molecule has 1 heterocycles. The first-order valence-electron chi connectivity index (χ1n) is 6.07. The second-order valence-electron chi connectivity index (χ2n) is 4.32. The van der Waals surface area contributed by atoms with Crippen molar-refractivity contribution in [2.45, 2.75) is 24.3 Å². The first-order chi connectivity index (χ1) is 9.37. The number of rotatable bonds is 5. The number of hydrogen-bond donors (Lipinski definition) is 2. The van der Waals surface area contributed by atoms with Gasteiger partial charge in [0.25, 0.3) is 0 Å². The Morgan fingerprint density at radius 3 is 2.75 bits per heavy atom. The molecule has 2 N–H and O–H groups in total. The Bertz CT molecular complexity index is 602. The maximum Gasteiger partial charge on any atom is 0.244 e. The first kappa shape index (κ1) is 16.6. The quantitative estimate of drug-likeness (QED) is 0.736. The van der Waals surface area contributed by atoms with Gasteiger partial charge in [-0.1, -0.05) is 11.8 Å². The van der Waals surface area contributed by atoms with Crippen molar-refractivity contribution in [3.63, 3.8) is 0 Å². The van der Waals surface area contributed by atoms with E-state index < -0.39 is 16.1 Å². The van der Waals surface area contributed by atoms with E-state index in [1.165, 1.54) is 32.4 Å². The number of aromatic nitrogens is 1. The van der Waals surface area contributed by atoms with Crippen molar-refractivity contribution in [1.29, 1.82) is 0 Å². The fourth-order valence-corrected chi connectivity index (χ4v) is 2.74.